The van der Waals surface area contributed by atoms with Crippen molar-refractivity contribution in [2.24, 2.45) is 5.92 Å². The van der Waals surface area contributed by atoms with E-state index in [0.717, 1.165) is 30.2 Å². The van der Waals surface area contributed by atoms with Gasteiger partial charge in [0, 0.05) is 11.9 Å². The highest BCUT2D eigenvalue weighted by Crippen LogP contribution is 2.24. The second-order valence-electron chi connectivity index (χ2n) is 4.69. The van der Waals surface area contributed by atoms with Gasteiger partial charge in [-0.05, 0) is 32.7 Å². The molecule has 0 spiro atoms. The van der Waals surface area contributed by atoms with Crippen LogP contribution in [0.5, 0.6) is 0 Å². The summed E-state index contributed by atoms with van der Waals surface area (Å²) in [6.45, 7) is 4.95. The van der Waals surface area contributed by atoms with Crippen LogP contribution in [0.3, 0.4) is 0 Å². The van der Waals surface area contributed by atoms with Gasteiger partial charge in [0.05, 0.1) is 11.0 Å². The SMILES string of the molecule is CNC1CC(C)CCN(c2csc(C)n2)C1=O. The fourth-order valence-electron chi connectivity index (χ4n) is 2.21. The molecule has 4 nitrogen and oxygen atoms in total. The Morgan fingerprint density at radius 3 is 2.94 bits per heavy atom. The van der Waals surface area contributed by atoms with E-state index in [1.54, 1.807) is 11.3 Å². The minimum absolute atomic E-state index is 0.0745. The van der Waals surface area contributed by atoms with Gasteiger partial charge in [-0.2, -0.15) is 0 Å². The van der Waals surface area contributed by atoms with Crippen LogP contribution in [0.4, 0.5) is 5.82 Å². The number of carbonyl (C=O) groups is 1. The Morgan fingerprint density at radius 1 is 1.59 bits per heavy atom. The zero-order chi connectivity index (χ0) is 12.4. The van der Waals surface area contributed by atoms with Crippen molar-refractivity contribution < 1.29 is 4.79 Å². The summed E-state index contributed by atoms with van der Waals surface area (Å²) in [5, 5.41) is 6.09. The maximum absolute atomic E-state index is 12.4. The van der Waals surface area contributed by atoms with E-state index in [1.165, 1.54) is 0 Å². The molecular weight excluding hydrogens is 234 g/mol. The lowest BCUT2D eigenvalue weighted by Crippen LogP contribution is -2.44. The molecule has 1 N–H and O–H groups in total. The minimum Gasteiger partial charge on any atom is -0.309 e. The van der Waals surface area contributed by atoms with Gasteiger partial charge in [-0.25, -0.2) is 4.98 Å². The number of anilines is 1. The third-order valence-electron chi connectivity index (χ3n) is 3.28. The lowest BCUT2D eigenvalue weighted by atomic mass is 10.0. The molecular formula is C12H19N3OS. The molecule has 0 aromatic carbocycles. The van der Waals surface area contributed by atoms with Gasteiger partial charge >= 0.3 is 0 Å². The van der Waals surface area contributed by atoms with Crippen molar-refractivity contribution in [2.45, 2.75) is 32.7 Å². The van der Waals surface area contributed by atoms with Crippen molar-refractivity contribution in [1.29, 1.82) is 0 Å². The molecule has 1 aromatic heterocycles. The lowest BCUT2D eigenvalue weighted by Gasteiger charge is -2.21. The molecule has 1 aliphatic rings. The number of likely N-dealkylation sites (N-methyl/N-ethyl adjacent to an activating group) is 1. The van der Waals surface area contributed by atoms with Crippen LogP contribution in [0.2, 0.25) is 0 Å². The molecule has 17 heavy (non-hydrogen) atoms. The Labute approximate surface area is 106 Å². The predicted molar refractivity (Wildman–Crippen MR) is 70.4 cm³/mol. The highest BCUT2D eigenvalue weighted by Gasteiger charge is 2.30. The fraction of sp³-hybridized carbons (Fsp3) is 0.667. The summed E-state index contributed by atoms with van der Waals surface area (Å²) in [5.41, 5.74) is 0. The average Bonchev–Trinajstić information content (AvgIpc) is 2.66. The number of carbonyl (C=O) groups excluding carboxylic acids is 1. The summed E-state index contributed by atoms with van der Waals surface area (Å²) in [4.78, 5) is 18.6. The van der Waals surface area contributed by atoms with Crippen molar-refractivity contribution in [2.75, 3.05) is 18.5 Å². The zero-order valence-electron chi connectivity index (χ0n) is 10.6. The first-order valence-corrected chi connectivity index (χ1v) is 6.90. The van der Waals surface area contributed by atoms with Crippen molar-refractivity contribution in [1.82, 2.24) is 10.3 Å². The van der Waals surface area contributed by atoms with Crippen LogP contribution in [0.1, 0.15) is 24.8 Å². The first kappa shape index (κ1) is 12.5. The molecule has 1 aliphatic heterocycles. The number of amides is 1. The molecule has 0 radical (unpaired) electrons. The minimum atomic E-state index is -0.0745. The van der Waals surface area contributed by atoms with Crippen LogP contribution in [0, 0.1) is 12.8 Å². The Morgan fingerprint density at radius 2 is 2.35 bits per heavy atom. The molecule has 0 aliphatic carbocycles. The van der Waals surface area contributed by atoms with Gasteiger partial charge in [0.15, 0.2) is 0 Å². The molecule has 2 heterocycles. The number of nitrogens with one attached hydrogen (secondary N) is 1. The van der Waals surface area contributed by atoms with Gasteiger partial charge in [-0.3, -0.25) is 9.69 Å². The van der Waals surface area contributed by atoms with E-state index in [2.05, 4.69) is 17.2 Å². The van der Waals surface area contributed by atoms with E-state index in [4.69, 9.17) is 0 Å². The second kappa shape index (κ2) is 5.14. The molecule has 2 rings (SSSR count). The van der Waals surface area contributed by atoms with E-state index in [1.807, 2.05) is 24.3 Å². The quantitative estimate of drug-likeness (QED) is 0.874. The number of nitrogens with zero attached hydrogens (tertiary/aromatic N) is 2. The summed E-state index contributed by atoms with van der Waals surface area (Å²) in [7, 11) is 1.85. The first-order chi connectivity index (χ1) is 8.11. The topological polar surface area (TPSA) is 45.2 Å². The molecule has 0 bridgehead atoms. The van der Waals surface area contributed by atoms with Crippen molar-refractivity contribution in [3.63, 3.8) is 0 Å². The average molecular weight is 253 g/mol. The summed E-state index contributed by atoms with van der Waals surface area (Å²) < 4.78 is 0. The largest absolute Gasteiger partial charge is 0.309 e. The third-order valence-corrected chi connectivity index (χ3v) is 4.04. The summed E-state index contributed by atoms with van der Waals surface area (Å²) in [6.07, 6.45) is 1.95. The molecule has 5 heteroatoms. The molecule has 1 aromatic rings. The summed E-state index contributed by atoms with van der Waals surface area (Å²) >= 11 is 1.59. The highest BCUT2D eigenvalue weighted by atomic mass is 32.1. The number of thiazole rings is 1. The number of rotatable bonds is 2. The Bertz CT molecular complexity index is 404. The van der Waals surface area contributed by atoms with Crippen LogP contribution in [-0.2, 0) is 4.79 Å². The maximum Gasteiger partial charge on any atom is 0.245 e. The maximum atomic E-state index is 12.4. The second-order valence-corrected chi connectivity index (χ2v) is 5.75. The van der Waals surface area contributed by atoms with E-state index < -0.39 is 0 Å². The standard InChI is InChI=1S/C12H19N3OS/c1-8-4-5-15(11-7-17-9(2)14-11)12(16)10(6-8)13-3/h7-8,10,13H,4-6H2,1-3H3. The molecule has 2 atom stereocenters. The Hall–Kier alpha value is -0.940. The number of aryl methyl sites for hydroxylation is 1. The molecule has 2 unspecified atom stereocenters. The van der Waals surface area contributed by atoms with Crippen LogP contribution in [0.25, 0.3) is 0 Å². The van der Waals surface area contributed by atoms with Gasteiger partial charge in [0.1, 0.15) is 5.82 Å². The van der Waals surface area contributed by atoms with Gasteiger partial charge in [0.2, 0.25) is 5.91 Å². The summed E-state index contributed by atoms with van der Waals surface area (Å²) in [6, 6.07) is -0.0745. The van der Waals surface area contributed by atoms with Crippen molar-refractivity contribution >= 4 is 23.1 Å². The number of hydrogen-bond donors (Lipinski definition) is 1. The molecule has 94 valence electrons. The van der Waals surface area contributed by atoms with Crippen LogP contribution >= 0.6 is 11.3 Å². The summed E-state index contributed by atoms with van der Waals surface area (Å²) in [5.74, 6) is 1.54. The third kappa shape index (κ3) is 2.66. The Kier molecular flexibility index (Phi) is 3.79. The number of aromatic nitrogens is 1. The van der Waals surface area contributed by atoms with Crippen molar-refractivity contribution in [3.05, 3.63) is 10.4 Å². The molecule has 1 amide bonds. The molecule has 1 fully saturated rings. The molecule has 1 saturated heterocycles. The lowest BCUT2D eigenvalue weighted by molar-refractivity contribution is -0.120. The normalized spacial score (nSPS) is 26.1. The zero-order valence-corrected chi connectivity index (χ0v) is 11.4. The predicted octanol–water partition coefficient (Wildman–Crippen LogP) is 1.80. The van der Waals surface area contributed by atoms with E-state index in [0.29, 0.717) is 5.92 Å². The van der Waals surface area contributed by atoms with Crippen LogP contribution in [-0.4, -0.2) is 30.5 Å². The first-order valence-electron chi connectivity index (χ1n) is 6.02. The van der Waals surface area contributed by atoms with E-state index in [-0.39, 0.29) is 11.9 Å². The van der Waals surface area contributed by atoms with Gasteiger partial charge < -0.3 is 5.32 Å². The fourth-order valence-corrected chi connectivity index (χ4v) is 2.82. The smallest absolute Gasteiger partial charge is 0.245 e. The van der Waals surface area contributed by atoms with Crippen molar-refractivity contribution in [3.8, 4) is 0 Å². The number of hydrogen-bond acceptors (Lipinski definition) is 4. The van der Waals surface area contributed by atoms with E-state index >= 15 is 0 Å². The highest BCUT2D eigenvalue weighted by molar-refractivity contribution is 7.09. The monoisotopic (exact) mass is 253 g/mol. The van der Waals surface area contributed by atoms with Crippen LogP contribution in [0.15, 0.2) is 5.38 Å². The Balaban J connectivity index is 2.23. The van der Waals surface area contributed by atoms with Gasteiger partial charge in [-0.15, -0.1) is 11.3 Å². The van der Waals surface area contributed by atoms with Gasteiger partial charge in [0.25, 0.3) is 0 Å². The van der Waals surface area contributed by atoms with Crippen LogP contribution < -0.4 is 10.2 Å². The van der Waals surface area contributed by atoms with E-state index in [9.17, 15) is 4.79 Å². The van der Waals surface area contributed by atoms with Gasteiger partial charge in [-0.1, -0.05) is 6.92 Å². The molecule has 0 saturated carbocycles.